The first-order valence-electron chi connectivity index (χ1n) is 5.14. The van der Waals surface area contributed by atoms with Crippen molar-refractivity contribution in [2.45, 2.75) is 23.3 Å². The van der Waals surface area contributed by atoms with Crippen molar-refractivity contribution in [2.75, 3.05) is 0 Å². The van der Waals surface area contributed by atoms with Gasteiger partial charge >= 0.3 is 147 Å². The van der Waals surface area contributed by atoms with Crippen LogP contribution in [0.5, 0.6) is 0 Å². The molecule has 0 spiro atoms. The van der Waals surface area contributed by atoms with Gasteiger partial charge in [-0.2, -0.15) is 0 Å². The summed E-state index contributed by atoms with van der Waals surface area (Å²) in [5.74, 6) is -3.63. The van der Waals surface area contributed by atoms with Gasteiger partial charge in [-0.15, -0.1) is 0 Å². The molecule has 1 aliphatic rings. The third-order valence-electron chi connectivity index (χ3n) is 2.00. The second-order valence-electron chi connectivity index (χ2n) is 3.50. The summed E-state index contributed by atoms with van der Waals surface area (Å²) in [6.45, 7) is 0. The van der Waals surface area contributed by atoms with E-state index in [1.807, 2.05) is 0 Å². The second kappa shape index (κ2) is 9.29. The molecule has 0 saturated carbocycles. The van der Waals surface area contributed by atoms with Crippen LogP contribution in [0.2, 0.25) is 0 Å². The monoisotopic (exact) mass is 482 g/mol. The summed E-state index contributed by atoms with van der Waals surface area (Å²) in [5, 5.41) is 6.72. The number of carbonyl (C=O) groups excluding carboxylic acids is 3. The number of rotatable bonds is 6. The van der Waals surface area contributed by atoms with E-state index in [2.05, 4.69) is 23.3 Å². The zero-order valence-electron chi connectivity index (χ0n) is 10.0. The van der Waals surface area contributed by atoms with Gasteiger partial charge in [0.25, 0.3) is 0 Å². The molecule has 0 bridgehead atoms. The van der Waals surface area contributed by atoms with E-state index in [0.717, 1.165) is 10.8 Å². The van der Waals surface area contributed by atoms with Crippen LogP contribution in [-0.4, -0.2) is 61.0 Å². The van der Waals surface area contributed by atoms with Gasteiger partial charge in [0.05, 0.1) is 0 Å². The molecule has 1 fully saturated rings. The fourth-order valence-corrected chi connectivity index (χ4v) is 5.74. The fraction of sp³-hybridized carbons (Fsp3) is 0.500. The molecule has 0 radical (unpaired) electrons. The van der Waals surface area contributed by atoms with Gasteiger partial charge in [-0.25, -0.2) is 0 Å². The first kappa shape index (κ1) is 19.1. The Morgan fingerprint density at radius 2 is 2.10 bits per heavy atom. The van der Waals surface area contributed by atoms with Crippen LogP contribution in [0.1, 0.15) is 12.8 Å². The van der Waals surface area contributed by atoms with E-state index in [4.69, 9.17) is 14.2 Å². The van der Waals surface area contributed by atoms with Crippen molar-refractivity contribution in [3.63, 3.8) is 0 Å². The van der Waals surface area contributed by atoms with E-state index in [0.29, 0.717) is 10.8 Å². The van der Waals surface area contributed by atoms with Crippen LogP contribution in [-0.2, 0) is 28.2 Å². The van der Waals surface area contributed by atoms with Gasteiger partial charge in [0.1, 0.15) is 0 Å². The maximum absolute atomic E-state index is 11.7. The Morgan fingerprint density at radius 3 is 2.62 bits per heavy atom. The summed E-state index contributed by atoms with van der Waals surface area (Å²) in [4.78, 5) is 45.4. The van der Waals surface area contributed by atoms with Crippen molar-refractivity contribution in [1.82, 2.24) is 0 Å². The minimum atomic E-state index is -3.83. The van der Waals surface area contributed by atoms with E-state index in [1.165, 1.54) is 0 Å². The molecule has 0 amide bonds. The van der Waals surface area contributed by atoms with Crippen LogP contribution in [0.4, 0.5) is 0 Å². The quantitative estimate of drug-likeness (QED) is 0.278. The molecule has 0 aromatic rings. The van der Waals surface area contributed by atoms with Crippen molar-refractivity contribution in [3.8, 4) is 0 Å². The average molecular weight is 483 g/mol. The maximum atomic E-state index is 11.7. The van der Waals surface area contributed by atoms with Crippen LogP contribution >= 0.6 is 44.9 Å². The SMILES string of the molecule is O=C(O)CC(SS)C(=O)[O][Sb]1[O]C(=O)CC(SS)C(=O)[O]1. The summed E-state index contributed by atoms with van der Waals surface area (Å²) < 4.78 is 14.5. The van der Waals surface area contributed by atoms with Crippen LogP contribution in [0.15, 0.2) is 0 Å². The van der Waals surface area contributed by atoms with Gasteiger partial charge in [0, 0.05) is 0 Å². The first-order chi connectivity index (χ1) is 9.87. The van der Waals surface area contributed by atoms with Crippen molar-refractivity contribution < 1.29 is 33.3 Å². The molecule has 1 saturated heterocycles. The topological polar surface area (TPSA) is 116 Å². The Balaban J connectivity index is 2.68. The molecule has 0 aromatic carbocycles. The van der Waals surface area contributed by atoms with Gasteiger partial charge in [0.2, 0.25) is 0 Å². The normalized spacial score (nSPS) is 21.0. The Labute approximate surface area is 146 Å². The van der Waals surface area contributed by atoms with Crippen LogP contribution in [0.25, 0.3) is 0 Å². The number of hydrogen-bond acceptors (Lipinski definition) is 11. The predicted octanol–water partition coefficient (Wildman–Crippen LogP) is 0.372. The number of carboxylic acids is 1. The summed E-state index contributed by atoms with van der Waals surface area (Å²) in [6.07, 6.45) is -0.747. The molecule has 2 atom stereocenters. The third kappa shape index (κ3) is 6.39. The standard InChI is InChI=1S/2C4H6O4S2.Sb/c2*5-3(6)1-2(10-9)4(7)8;/h2*2,9H,1H2,(H,5,6)(H,7,8);/q;;+3/p-3. The average Bonchev–Trinajstić information content (AvgIpc) is 2.53. The number of carboxylic acid groups (broad SMARTS) is 1. The van der Waals surface area contributed by atoms with Crippen molar-refractivity contribution >= 4 is 90.3 Å². The molecular formula is C8H9O8S4Sb. The molecule has 1 rings (SSSR count). The van der Waals surface area contributed by atoms with E-state index in [9.17, 15) is 19.2 Å². The third-order valence-corrected chi connectivity index (χ3v) is 7.64. The predicted molar refractivity (Wildman–Crippen MR) is 81.6 cm³/mol. The molecule has 0 aromatic heterocycles. The van der Waals surface area contributed by atoms with E-state index in [1.54, 1.807) is 0 Å². The van der Waals surface area contributed by atoms with E-state index in [-0.39, 0.29) is 6.42 Å². The van der Waals surface area contributed by atoms with Crippen LogP contribution in [0, 0.1) is 0 Å². The summed E-state index contributed by atoms with van der Waals surface area (Å²) in [6, 6.07) is 0. The molecule has 1 aliphatic heterocycles. The fourth-order valence-electron chi connectivity index (χ4n) is 1.08. The zero-order chi connectivity index (χ0) is 16.0. The molecule has 8 nitrogen and oxygen atoms in total. The molecule has 1 heterocycles. The van der Waals surface area contributed by atoms with Gasteiger partial charge in [-0.1, -0.05) is 0 Å². The Hall–Kier alpha value is 0.0982. The number of aliphatic carboxylic acids is 1. The van der Waals surface area contributed by atoms with Crippen molar-refractivity contribution in [3.05, 3.63) is 0 Å². The molecule has 21 heavy (non-hydrogen) atoms. The van der Waals surface area contributed by atoms with Gasteiger partial charge < -0.3 is 0 Å². The minimum absolute atomic E-state index is 0.231. The summed E-state index contributed by atoms with van der Waals surface area (Å²) >= 11 is 3.79. The second-order valence-corrected chi connectivity index (χ2v) is 9.16. The zero-order valence-corrected chi connectivity index (χ0v) is 16.0. The van der Waals surface area contributed by atoms with Gasteiger partial charge in [-0.3, -0.25) is 0 Å². The number of carbonyl (C=O) groups is 4. The molecule has 13 heteroatoms. The first-order valence-corrected chi connectivity index (χ1v) is 12.1. The van der Waals surface area contributed by atoms with Crippen molar-refractivity contribution in [1.29, 1.82) is 0 Å². The molecule has 2 unspecified atom stereocenters. The van der Waals surface area contributed by atoms with Gasteiger partial charge in [-0.05, 0) is 0 Å². The Morgan fingerprint density at radius 1 is 1.43 bits per heavy atom. The molecule has 118 valence electrons. The Kier molecular flexibility index (Phi) is 8.47. The molecular weight excluding hydrogens is 474 g/mol. The van der Waals surface area contributed by atoms with Crippen LogP contribution in [0.3, 0.4) is 0 Å². The Bertz CT molecular complexity index is 446. The molecule has 1 N–H and O–H groups in total. The summed E-state index contributed by atoms with van der Waals surface area (Å²) in [7, 11) is 1.50. The number of thiol groups is 2. The summed E-state index contributed by atoms with van der Waals surface area (Å²) in [5.41, 5.74) is 0. The van der Waals surface area contributed by atoms with E-state index < -0.39 is 62.3 Å². The molecule has 0 aliphatic carbocycles. The number of hydrogen-bond donors (Lipinski definition) is 3. The van der Waals surface area contributed by atoms with Crippen LogP contribution < -0.4 is 0 Å². The van der Waals surface area contributed by atoms with Crippen molar-refractivity contribution in [2.24, 2.45) is 0 Å². The van der Waals surface area contributed by atoms with Gasteiger partial charge in [0.15, 0.2) is 0 Å². The van der Waals surface area contributed by atoms with E-state index >= 15 is 0 Å².